The van der Waals surface area contributed by atoms with E-state index >= 15 is 0 Å². The molecule has 1 N–H and O–H groups in total. The summed E-state index contributed by atoms with van der Waals surface area (Å²) in [6.45, 7) is 4.79. The van der Waals surface area contributed by atoms with Gasteiger partial charge in [-0.15, -0.1) is 0 Å². The lowest BCUT2D eigenvalue weighted by molar-refractivity contribution is 0.0981. The predicted molar refractivity (Wildman–Crippen MR) is 85.5 cm³/mol. The summed E-state index contributed by atoms with van der Waals surface area (Å²) in [5, 5.41) is 10.2. The molecule has 0 saturated carbocycles. The number of fused-ring (bicyclic) bond motifs is 1. The van der Waals surface area contributed by atoms with Gasteiger partial charge in [-0.3, -0.25) is 4.79 Å². The van der Waals surface area contributed by atoms with Gasteiger partial charge in [0.15, 0.2) is 0 Å². The first-order valence-electron chi connectivity index (χ1n) is 7.83. The summed E-state index contributed by atoms with van der Waals surface area (Å²) in [5.41, 5.74) is 2.28. The number of furan rings is 1. The number of phenolic OH excluding ortho intramolecular Hbond substituents is 1. The monoisotopic (exact) mass is 299 g/mol. The van der Waals surface area contributed by atoms with Crippen molar-refractivity contribution in [3.63, 3.8) is 0 Å². The third kappa shape index (κ3) is 2.39. The standard InChI is InChI=1S/C18H21NO3/c1-3-5-16-14(9-11-22-16)18(21)19-10-8-12(2)13-6-4-7-15(20)17(13)19/h4,6-7,9,11-12,20H,3,5,8,10H2,1-2H3. The van der Waals surface area contributed by atoms with Gasteiger partial charge in [0.2, 0.25) is 0 Å². The van der Waals surface area contributed by atoms with E-state index in [4.69, 9.17) is 4.42 Å². The second kappa shape index (κ2) is 5.87. The van der Waals surface area contributed by atoms with Crippen molar-refractivity contribution in [3.05, 3.63) is 47.4 Å². The number of hydrogen-bond donors (Lipinski definition) is 1. The third-order valence-corrected chi connectivity index (χ3v) is 4.33. The lowest BCUT2D eigenvalue weighted by Gasteiger charge is -2.33. The van der Waals surface area contributed by atoms with E-state index in [2.05, 4.69) is 13.8 Å². The quantitative estimate of drug-likeness (QED) is 0.928. The van der Waals surface area contributed by atoms with Crippen molar-refractivity contribution in [3.8, 4) is 5.75 Å². The highest BCUT2D eigenvalue weighted by atomic mass is 16.3. The van der Waals surface area contributed by atoms with Crippen molar-refractivity contribution in [2.24, 2.45) is 0 Å². The summed E-state index contributed by atoms with van der Waals surface area (Å²) < 4.78 is 5.45. The number of benzene rings is 1. The molecule has 1 atom stereocenters. The fraction of sp³-hybridized carbons (Fsp3) is 0.389. The molecule has 0 saturated heterocycles. The molecule has 4 nitrogen and oxygen atoms in total. The van der Waals surface area contributed by atoms with Crippen LogP contribution in [0.3, 0.4) is 0 Å². The number of aryl methyl sites for hydroxylation is 1. The molecule has 1 aliphatic heterocycles. The molecule has 1 aromatic heterocycles. The van der Waals surface area contributed by atoms with Crippen molar-refractivity contribution >= 4 is 11.6 Å². The molecule has 3 rings (SSSR count). The van der Waals surface area contributed by atoms with E-state index < -0.39 is 0 Å². The molecule has 4 heteroatoms. The fourth-order valence-corrected chi connectivity index (χ4v) is 3.13. The number of phenols is 1. The molecule has 1 unspecified atom stereocenters. The first-order chi connectivity index (χ1) is 10.6. The minimum absolute atomic E-state index is 0.0909. The van der Waals surface area contributed by atoms with Gasteiger partial charge in [-0.25, -0.2) is 0 Å². The van der Waals surface area contributed by atoms with Gasteiger partial charge in [0, 0.05) is 13.0 Å². The molecular weight excluding hydrogens is 278 g/mol. The van der Waals surface area contributed by atoms with Crippen LogP contribution in [0.2, 0.25) is 0 Å². The largest absolute Gasteiger partial charge is 0.506 e. The number of hydrogen-bond acceptors (Lipinski definition) is 3. The third-order valence-electron chi connectivity index (χ3n) is 4.33. The number of carbonyl (C=O) groups is 1. The van der Waals surface area contributed by atoms with Crippen molar-refractivity contribution in [2.45, 2.75) is 39.0 Å². The normalized spacial score (nSPS) is 17.4. The van der Waals surface area contributed by atoms with Crippen molar-refractivity contribution in [1.29, 1.82) is 0 Å². The molecule has 1 aromatic carbocycles. The van der Waals surface area contributed by atoms with Crippen LogP contribution in [0.4, 0.5) is 5.69 Å². The summed E-state index contributed by atoms with van der Waals surface area (Å²) in [6, 6.07) is 7.19. The zero-order chi connectivity index (χ0) is 15.7. The van der Waals surface area contributed by atoms with Gasteiger partial charge in [0.05, 0.1) is 17.5 Å². The average Bonchev–Trinajstić information content (AvgIpc) is 2.96. The number of carbonyl (C=O) groups excluding carboxylic acids is 1. The van der Waals surface area contributed by atoms with Crippen LogP contribution >= 0.6 is 0 Å². The first kappa shape index (κ1) is 14.7. The molecule has 116 valence electrons. The topological polar surface area (TPSA) is 53.7 Å². The van der Waals surface area contributed by atoms with Crippen LogP contribution < -0.4 is 4.90 Å². The Morgan fingerprint density at radius 1 is 1.41 bits per heavy atom. The molecule has 2 heterocycles. The SMILES string of the molecule is CCCc1occc1C(=O)N1CCC(C)c2cccc(O)c21. The maximum Gasteiger partial charge on any atom is 0.261 e. The Morgan fingerprint density at radius 3 is 3.00 bits per heavy atom. The lowest BCUT2D eigenvalue weighted by Crippen LogP contribution is -2.36. The van der Waals surface area contributed by atoms with E-state index in [9.17, 15) is 9.90 Å². The molecule has 22 heavy (non-hydrogen) atoms. The fourth-order valence-electron chi connectivity index (χ4n) is 3.13. The van der Waals surface area contributed by atoms with Gasteiger partial charge in [0.25, 0.3) is 5.91 Å². The van der Waals surface area contributed by atoms with Crippen LogP contribution in [0.1, 0.15) is 54.3 Å². The van der Waals surface area contributed by atoms with Crippen molar-refractivity contribution in [1.82, 2.24) is 0 Å². The number of anilines is 1. The second-order valence-electron chi connectivity index (χ2n) is 5.87. The zero-order valence-corrected chi connectivity index (χ0v) is 13.0. The minimum Gasteiger partial charge on any atom is -0.506 e. The number of aromatic hydroxyl groups is 1. The number of nitrogens with zero attached hydrogens (tertiary/aromatic N) is 1. The van der Waals surface area contributed by atoms with E-state index in [1.807, 2.05) is 12.1 Å². The molecule has 2 aromatic rings. The van der Waals surface area contributed by atoms with Gasteiger partial charge in [-0.05, 0) is 36.5 Å². The van der Waals surface area contributed by atoms with E-state index in [0.717, 1.165) is 30.6 Å². The van der Waals surface area contributed by atoms with Gasteiger partial charge < -0.3 is 14.4 Å². The Kier molecular flexibility index (Phi) is 3.92. The molecule has 0 fully saturated rings. The van der Waals surface area contributed by atoms with Crippen molar-refractivity contribution < 1.29 is 14.3 Å². The Bertz CT molecular complexity index is 689. The van der Waals surface area contributed by atoms with E-state index in [1.54, 1.807) is 23.3 Å². The maximum absolute atomic E-state index is 12.9. The van der Waals surface area contributed by atoms with Gasteiger partial charge in [-0.1, -0.05) is 26.0 Å². The second-order valence-corrected chi connectivity index (χ2v) is 5.87. The Morgan fingerprint density at radius 2 is 2.23 bits per heavy atom. The minimum atomic E-state index is -0.0909. The van der Waals surface area contributed by atoms with Gasteiger partial charge in [-0.2, -0.15) is 0 Å². The number of amides is 1. The maximum atomic E-state index is 12.9. The lowest BCUT2D eigenvalue weighted by atomic mass is 9.90. The van der Waals surface area contributed by atoms with Crippen LogP contribution in [0.15, 0.2) is 34.9 Å². The molecule has 0 spiro atoms. The Balaban J connectivity index is 2.01. The Hall–Kier alpha value is -2.23. The molecule has 1 aliphatic rings. The summed E-state index contributed by atoms with van der Waals surface area (Å²) in [5.74, 6) is 1.14. The highest BCUT2D eigenvalue weighted by Gasteiger charge is 2.31. The highest BCUT2D eigenvalue weighted by molar-refractivity contribution is 6.08. The Labute approximate surface area is 130 Å². The zero-order valence-electron chi connectivity index (χ0n) is 13.0. The predicted octanol–water partition coefficient (Wildman–Crippen LogP) is 4.09. The molecule has 1 amide bonds. The number of rotatable bonds is 3. The van der Waals surface area contributed by atoms with Crippen LogP contribution in [0, 0.1) is 0 Å². The summed E-state index contributed by atoms with van der Waals surface area (Å²) >= 11 is 0. The van der Waals surface area contributed by atoms with Crippen LogP contribution in [-0.2, 0) is 6.42 Å². The van der Waals surface area contributed by atoms with Crippen LogP contribution in [-0.4, -0.2) is 17.6 Å². The van der Waals surface area contributed by atoms with Crippen LogP contribution in [0.25, 0.3) is 0 Å². The van der Waals surface area contributed by atoms with E-state index in [0.29, 0.717) is 23.7 Å². The summed E-state index contributed by atoms with van der Waals surface area (Å²) in [4.78, 5) is 14.6. The van der Waals surface area contributed by atoms with E-state index in [-0.39, 0.29) is 11.7 Å². The molecular formula is C18H21NO3. The van der Waals surface area contributed by atoms with E-state index in [1.165, 1.54) is 0 Å². The summed E-state index contributed by atoms with van der Waals surface area (Å²) in [7, 11) is 0. The van der Waals surface area contributed by atoms with Crippen molar-refractivity contribution in [2.75, 3.05) is 11.4 Å². The smallest absolute Gasteiger partial charge is 0.261 e. The number of para-hydroxylation sites is 1. The first-order valence-corrected chi connectivity index (χ1v) is 7.83. The molecule has 0 bridgehead atoms. The van der Waals surface area contributed by atoms with Gasteiger partial charge in [0.1, 0.15) is 11.5 Å². The average molecular weight is 299 g/mol. The van der Waals surface area contributed by atoms with Gasteiger partial charge >= 0.3 is 0 Å². The highest BCUT2D eigenvalue weighted by Crippen LogP contribution is 2.41. The molecule has 0 radical (unpaired) electrons. The molecule has 0 aliphatic carbocycles. The van der Waals surface area contributed by atoms with Crippen LogP contribution in [0.5, 0.6) is 5.75 Å². The summed E-state index contributed by atoms with van der Waals surface area (Å²) in [6.07, 6.45) is 4.12.